The molecular weight excluding hydrogens is 400 g/mol. The Hall–Kier alpha value is -1.81. The number of thiophene rings is 1. The highest BCUT2D eigenvalue weighted by Crippen LogP contribution is 2.41. The van der Waals surface area contributed by atoms with Crippen molar-refractivity contribution in [2.45, 2.75) is 38.8 Å². The molecule has 2 fully saturated rings. The molecule has 0 aromatic carbocycles. The lowest BCUT2D eigenvalue weighted by molar-refractivity contribution is -0.120. The van der Waals surface area contributed by atoms with Gasteiger partial charge in [-0.2, -0.15) is 0 Å². The quantitative estimate of drug-likeness (QED) is 0.744. The number of nitrogens with one attached hydrogen (secondary N) is 1. The molecule has 0 saturated carbocycles. The molecule has 9 heteroatoms. The maximum absolute atomic E-state index is 11.8. The van der Waals surface area contributed by atoms with Crippen LogP contribution in [0.3, 0.4) is 0 Å². The molecule has 3 N–H and O–H groups in total. The number of aryl methyl sites for hydroxylation is 1. The number of rotatable bonds is 4. The first-order chi connectivity index (χ1) is 14.6. The number of ether oxygens (including phenoxy) is 1. The molecular formula is C21H30N6O2S. The molecule has 0 unspecified atom stereocenters. The van der Waals surface area contributed by atoms with E-state index in [1.807, 2.05) is 11.3 Å². The number of amides is 1. The fourth-order valence-corrected chi connectivity index (χ4v) is 6.15. The molecule has 3 aliphatic rings. The zero-order valence-electron chi connectivity index (χ0n) is 17.5. The average Bonchev–Trinajstić information content (AvgIpc) is 3.11. The first-order valence-corrected chi connectivity index (χ1v) is 11.8. The fraction of sp³-hybridized carbons (Fsp3) is 0.667. The van der Waals surface area contributed by atoms with Gasteiger partial charge in [0.15, 0.2) is 0 Å². The molecule has 2 aliphatic heterocycles. The summed E-state index contributed by atoms with van der Waals surface area (Å²) in [6.45, 7) is 8.50. The number of fused-ring (bicyclic) bond motifs is 3. The normalized spacial score (nSPS) is 25.4. The average molecular weight is 431 g/mol. The van der Waals surface area contributed by atoms with Crippen LogP contribution in [0.2, 0.25) is 0 Å². The van der Waals surface area contributed by atoms with Crippen LogP contribution in [-0.2, 0) is 28.9 Å². The smallest absolute Gasteiger partial charge is 0.236 e. The molecule has 4 heterocycles. The molecule has 0 bridgehead atoms. The van der Waals surface area contributed by atoms with Gasteiger partial charge in [0.1, 0.15) is 22.5 Å². The highest BCUT2D eigenvalue weighted by Gasteiger charge is 2.30. The van der Waals surface area contributed by atoms with Gasteiger partial charge in [-0.3, -0.25) is 9.69 Å². The number of primary amides is 1. The molecule has 0 spiro atoms. The number of aromatic nitrogens is 2. The van der Waals surface area contributed by atoms with Crippen molar-refractivity contribution in [3.8, 4) is 0 Å². The minimum absolute atomic E-state index is 0.306. The van der Waals surface area contributed by atoms with E-state index in [-0.39, 0.29) is 11.9 Å². The molecule has 2 atom stereocenters. The largest absolute Gasteiger partial charge is 0.379 e. The lowest BCUT2D eigenvalue weighted by Gasteiger charge is -2.34. The molecule has 5 rings (SSSR count). The van der Waals surface area contributed by atoms with Gasteiger partial charge in [0, 0.05) is 37.6 Å². The number of piperazine rings is 1. The van der Waals surface area contributed by atoms with Crippen LogP contribution in [0.15, 0.2) is 0 Å². The summed E-state index contributed by atoms with van der Waals surface area (Å²) in [5.74, 6) is 2.26. The summed E-state index contributed by atoms with van der Waals surface area (Å²) in [4.78, 5) is 29.0. The van der Waals surface area contributed by atoms with Gasteiger partial charge in [0.2, 0.25) is 5.91 Å². The third kappa shape index (κ3) is 3.91. The molecule has 2 saturated heterocycles. The molecule has 30 heavy (non-hydrogen) atoms. The second-order valence-electron chi connectivity index (χ2n) is 8.74. The van der Waals surface area contributed by atoms with E-state index >= 15 is 0 Å². The second-order valence-corrected chi connectivity index (χ2v) is 9.82. The van der Waals surface area contributed by atoms with Crippen molar-refractivity contribution in [3.05, 3.63) is 16.3 Å². The summed E-state index contributed by atoms with van der Waals surface area (Å²) in [5.41, 5.74) is 7.03. The summed E-state index contributed by atoms with van der Waals surface area (Å²) >= 11 is 1.84. The number of nitrogens with zero attached hydrogens (tertiary/aromatic N) is 4. The van der Waals surface area contributed by atoms with E-state index in [4.69, 9.17) is 20.4 Å². The van der Waals surface area contributed by atoms with E-state index in [0.29, 0.717) is 12.5 Å². The van der Waals surface area contributed by atoms with Gasteiger partial charge in [0.25, 0.3) is 0 Å². The Morgan fingerprint density at radius 1 is 1.30 bits per heavy atom. The Balaban J connectivity index is 1.55. The topological polar surface area (TPSA) is 96.6 Å². The molecule has 2 aromatic rings. The second kappa shape index (κ2) is 8.37. The fourth-order valence-electron chi connectivity index (χ4n) is 4.76. The summed E-state index contributed by atoms with van der Waals surface area (Å²) in [6, 6.07) is -0.346. The Kier molecular flexibility index (Phi) is 5.61. The minimum atomic E-state index is -0.346. The third-order valence-electron chi connectivity index (χ3n) is 6.47. The van der Waals surface area contributed by atoms with E-state index in [9.17, 15) is 4.79 Å². The number of carbonyl (C=O) groups is 1. The van der Waals surface area contributed by atoms with Crippen molar-refractivity contribution in [2.24, 2.45) is 11.7 Å². The highest BCUT2D eigenvalue weighted by molar-refractivity contribution is 7.19. The van der Waals surface area contributed by atoms with Gasteiger partial charge in [-0.15, -0.1) is 11.3 Å². The zero-order chi connectivity index (χ0) is 20.7. The van der Waals surface area contributed by atoms with Gasteiger partial charge >= 0.3 is 0 Å². The summed E-state index contributed by atoms with van der Waals surface area (Å²) in [7, 11) is 0. The van der Waals surface area contributed by atoms with Crippen molar-refractivity contribution in [2.75, 3.05) is 50.8 Å². The number of hydrogen-bond donors (Lipinski definition) is 2. The number of hydrogen-bond acceptors (Lipinski definition) is 8. The van der Waals surface area contributed by atoms with Crippen LogP contribution in [0.25, 0.3) is 10.2 Å². The summed E-state index contributed by atoms with van der Waals surface area (Å²) in [5, 5.41) is 4.44. The monoisotopic (exact) mass is 430 g/mol. The van der Waals surface area contributed by atoms with Gasteiger partial charge in [-0.05, 0) is 30.7 Å². The third-order valence-corrected chi connectivity index (χ3v) is 7.62. The van der Waals surface area contributed by atoms with Gasteiger partial charge in [-0.1, -0.05) is 6.92 Å². The molecule has 1 aliphatic carbocycles. The number of carbonyl (C=O) groups excluding carboxylic acids is 1. The molecule has 2 aromatic heterocycles. The van der Waals surface area contributed by atoms with Crippen molar-refractivity contribution in [1.29, 1.82) is 0 Å². The van der Waals surface area contributed by atoms with Crippen LogP contribution in [0.1, 0.15) is 29.6 Å². The SMILES string of the molecule is C[C@H]1CCc2c(sc3nc(CN4CCOCC4)nc(N4CCN[C@H](C(N)=O)C4)c23)C1. The molecule has 0 radical (unpaired) electrons. The highest BCUT2D eigenvalue weighted by atomic mass is 32.1. The summed E-state index contributed by atoms with van der Waals surface area (Å²) in [6.07, 6.45) is 3.42. The van der Waals surface area contributed by atoms with Crippen LogP contribution in [-0.4, -0.2) is 72.8 Å². The van der Waals surface area contributed by atoms with Crippen molar-refractivity contribution >= 4 is 33.3 Å². The lowest BCUT2D eigenvalue weighted by atomic mass is 9.89. The van der Waals surface area contributed by atoms with Crippen LogP contribution in [0.4, 0.5) is 5.82 Å². The van der Waals surface area contributed by atoms with Crippen LogP contribution >= 0.6 is 11.3 Å². The number of anilines is 1. The van der Waals surface area contributed by atoms with Crippen LogP contribution < -0.4 is 16.0 Å². The van der Waals surface area contributed by atoms with E-state index in [1.54, 1.807) is 0 Å². The van der Waals surface area contributed by atoms with Crippen LogP contribution in [0, 0.1) is 5.92 Å². The van der Waals surface area contributed by atoms with Gasteiger partial charge in [0.05, 0.1) is 25.1 Å². The van der Waals surface area contributed by atoms with Gasteiger partial charge in [-0.25, -0.2) is 9.97 Å². The lowest BCUT2D eigenvalue weighted by Crippen LogP contribution is -2.56. The predicted molar refractivity (Wildman–Crippen MR) is 118 cm³/mol. The number of nitrogens with two attached hydrogens (primary N) is 1. The molecule has 8 nitrogen and oxygen atoms in total. The Labute approximate surface area is 180 Å². The van der Waals surface area contributed by atoms with Crippen molar-refractivity contribution in [3.63, 3.8) is 0 Å². The van der Waals surface area contributed by atoms with Crippen molar-refractivity contribution in [1.82, 2.24) is 20.2 Å². The maximum atomic E-state index is 11.8. The first-order valence-electron chi connectivity index (χ1n) is 11.0. The number of morpholine rings is 1. The maximum Gasteiger partial charge on any atom is 0.236 e. The standard InChI is InChI=1S/C21H30N6O2S/c1-13-2-3-14-16(10-13)30-21-18(14)20(27-5-4-23-15(11-27)19(22)28)24-17(25-21)12-26-6-8-29-9-7-26/h13,15,23H,2-12H2,1H3,(H2,22,28)/t13-,15-/m0/s1. The Morgan fingerprint density at radius 3 is 2.93 bits per heavy atom. The van der Waals surface area contributed by atoms with Gasteiger partial charge < -0.3 is 20.7 Å². The first kappa shape index (κ1) is 20.1. The van der Waals surface area contributed by atoms with E-state index < -0.39 is 0 Å². The molecule has 1 amide bonds. The van der Waals surface area contributed by atoms with E-state index in [0.717, 1.165) is 75.3 Å². The Bertz CT molecular complexity index is 941. The van der Waals surface area contributed by atoms with Crippen LogP contribution in [0.5, 0.6) is 0 Å². The Morgan fingerprint density at radius 2 is 2.13 bits per heavy atom. The van der Waals surface area contributed by atoms with E-state index in [1.165, 1.54) is 22.2 Å². The van der Waals surface area contributed by atoms with E-state index in [2.05, 4.69) is 22.0 Å². The van der Waals surface area contributed by atoms with Crippen molar-refractivity contribution < 1.29 is 9.53 Å². The minimum Gasteiger partial charge on any atom is -0.379 e. The molecule has 162 valence electrons. The zero-order valence-corrected chi connectivity index (χ0v) is 18.3. The summed E-state index contributed by atoms with van der Waals surface area (Å²) < 4.78 is 5.49. The predicted octanol–water partition coefficient (Wildman–Crippen LogP) is 0.912.